The van der Waals surface area contributed by atoms with Crippen LogP contribution >= 0.6 is 0 Å². The molecule has 11 heavy (non-hydrogen) atoms. The van der Waals surface area contributed by atoms with Crippen molar-refractivity contribution in [2.24, 2.45) is 0 Å². The Bertz CT molecular complexity index is 301. The van der Waals surface area contributed by atoms with Gasteiger partial charge < -0.3 is 4.57 Å². The molecule has 2 rings (SSSR count). The Morgan fingerprint density at radius 1 is 1.64 bits per heavy atom. The van der Waals surface area contributed by atoms with Gasteiger partial charge in [0.2, 0.25) is 0 Å². The topological polar surface area (TPSA) is 34.9 Å². The molecule has 0 atom stereocenters. The molecule has 0 saturated carbocycles. The van der Waals surface area contributed by atoms with Gasteiger partial charge in [0.25, 0.3) is 0 Å². The van der Waals surface area contributed by atoms with E-state index in [2.05, 4.69) is 4.98 Å². The number of hydrogen-bond donors (Lipinski definition) is 0. The fourth-order valence-electron chi connectivity index (χ4n) is 1.54. The lowest BCUT2D eigenvalue weighted by atomic mass is 10.1. The molecular weight excluding hydrogens is 140 g/mol. The predicted octanol–water partition coefficient (Wildman–Crippen LogP) is 1.17. The summed E-state index contributed by atoms with van der Waals surface area (Å²) in [7, 11) is 0. The lowest BCUT2D eigenvalue weighted by molar-refractivity contribution is 0.0954. The van der Waals surface area contributed by atoms with Gasteiger partial charge in [-0.3, -0.25) is 4.79 Å². The summed E-state index contributed by atoms with van der Waals surface area (Å²) in [6.45, 7) is 2.83. The van der Waals surface area contributed by atoms with E-state index in [1.165, 1.54) is 0 Å². The fourth-order valence-corrected chi connectivity index (χ4v) is 1.54. The van der Waals surface area contributed by atoms with Crippen LogP contribution in [-0.4, -0.2) is 15.3 Å². The molecule has 2 heterocycles. The Labute approximate surface area is 65.1 Å². The number of rotatable bonds is 0. The molecule has 3 nitrogen and oxygen atoms in total. The third-order valence-corrected chi connectivity index (χ3v) is 2.09. The monoisotopic (exact) mass is 150 g/mol. The molecule has 1 aromatic heterocycles. The molecule has 0 bridgehead atoms. The molecule has 0 spiro atoms. The zero-order valence-corrected chi connectivity index (χ0v) is 6.50. The second-order valence-electron chi connectivity index (χ2n) is 2.90. The maximum absolute atomic E-state index is 11.3. The molecular formula is C8H10N2O. The molecule has 1 aromatic rings. The molecule has 0 amide bonds. The predicted molar refractivity (Wildman–Crippen MR) is 40.5 cm³/mol. The highest BCUT2D eigenvalue weighted by Crippen LogP contribution is 2.16. The van der Waals surface area contributed by atoms with Gasteiger partial charge in [-0.2, -0.15) is 0 Å². The quantitative estimate of drug-likeness (QED) is 0.556. The molecule has 3 heteroatoms. The molecule has 0 aromatic carbocycles. The van der Waals surface area contributed by atoms with Crippen LogP contribution in [0.3, 0.4) is 0 Å². The summed E-state index contributed by atoms with van der Waals surface area (Å²) in [5, 5.41) is 0. The number of Topliss-reactive ketones (excluding diaryl/α,β-unsaturated/α-hetero) is 1. The standard InChI is InChI=1S/C8H10N2O/c1-6-8-7(11)3-2-4-10(8)5-9-6/h5H,2-4H2,1H3. The number of carbonyl (C=O) groups is 1. The van der Waals surface area contributed by atoms with Crippen molar-refractivity contribution in [3.63, 3.8) is 0 Å². The van der Waals surface area contributed by atoms with Crippen LogP contribution in [0, 0.1) is 6.92 Å². The molecule has 1 aliphatic rings. The zero-order chi connectivity index (χ0) is 7.84. The van der Waals surface area contributed by atoms with Crippen molar-refractivity contribution in [1.29, 1.82) is 0 Å². The third kappa shape index (κ3) is 0.878. The van der Waals surface area contributed by atoms with Crippen LogP contribution in [0.4, 0.5) is 0 Å². The van der Waals surface area contributed by atoms with Gasteiger partial charge in [-0.1, -0.05) is 0 Å². The van der Waals surface area contributed by atoms with Gasteiger partial charge in [0.05, 0.1) is 12.0 Å². The van der Waals surface area contributed by atoms with Gasteiger partial charge in [0, 0.05) is 13.0 Å². The van der Waals surface area contributed by atoms with Crippen LogP contribution in [0.15, 0.2) is 6.33 Å². The number of nitrogens with zero attached hydrogens (tertiary/aromatic N) is 2. The molecule has 0 fully saturated rings. The number of aromatic nitrogens is 2. The van der Waals surface area contributed by atoms with Crippen LogP contribution in [0.5, 0.6) is 0 Å². The van der Waals surface area contributed by atoms with E-state index in [0.717, 1.165) is 24.4 Å². The van der Waals surface area contributed by atoms with Crippen molar-refractivity contribution in [3.8, 4) is 0 Å². The number of ketones is 1. The van der Waals surface area contributed by atoms with Crippen molar-refractivity contribution in [1.82, 2.24) is 9.55 Å². The second kappa shape index (κ2) is 2.19. The number of fused-ring (bicyclic) bond motifs is 1. The van der Waals surface area contributed by atoms with Crippen molar-refractivity contribution < 1.29 is 4.79 Å². The lowest BCUT2D eigenvalue weighted by Crippen LogP contribution is -2.16. The molecule has 1 aliphatic heterocycles. The van der Waals surface area contributed by atoms with E-state index in [9.17, 15) is 4.79 Å². The minimum absolute atomic E-state index is 0.242. The van der Waals surface area contributed by atoms with E-state index in [-0.39, 0.29) is 5.78 Å². The van der Waals surface area contributed by atoms with Crippen LogP contribution < -0.4 is 0 Å². The van der Waals surface area contributed by atoms with Gasteiger partial charge in [0.1, 0.15) is 5.69 Å². The molecule has 58 valence electrons. The average molecular weight is 150 g/mol. The summed E-state index contributed by atoms with van der Waals surface area (Å²) in [5.41, 5.74) is 1.69. The van der Waals surface area contributed by atoms with Gasteiger partial charge in [-0.15, -0.1) is 0 Å². The van der Waals surface area contributed by atoms with Crippen LogP contribution in [0.25, 0.3) is 0 Å². The highest BCUT2D eigenvalue weighted by atomic mass is 16.1. The van der Waals surface area contributed by atoms with Crippen molar-refractivity contribution in [2.45, 2.75) is 26.3 Å². The normalized spacial score (nSPS) is 16.6. The summed E-state index contributed by atoms with van der Waals surface area (Å²) in [6, 6.07) is 0. The number of carbonyl (C=O) groups excluding carboxylic acids is 1. The largest absolute Gasteiger partial charge is 0.328 e. The van der Waals surface area contributed by atoms with E-state index in [4.69, 9.17) is 0 Å². The van der Waals surface area contributed by atoms with Crippen LogP contribution in [0.1, 0.15) is 29.0 Å². The van der Waals surface area contributed by atoms with Gasteiger partial charge in [0.15, 0.2) is 5.78 Å². The Morgan fingerprint density at radius 3 is 3.18 bits per heavy atom. The first-order valence-corrected chi connectivity index (χ1v) is 3.84. The van der Waals surface area contributed by atoms with Gasteiger partial charge >= 0.3 is 0 Å². The number of hydrogen-bond acceptors (Lipinski definition) is 2. The highest BCUT2D eigenvalue weighted by molar-refractivity contribution is 5.96. The van der Waals surface area contributed by atoms with Crippen LogP contribution in [-0.2, 0) is 6.54 Å². The van der Waals surface area contributed by atoms with Crippen LogP contribution in [0.2, 0.25) is 0 Å². The highest BCUT2D eigenvalue weighted by Gasteiger charge is 2.19. The molecule has 0 aliphatic carbocycles. The van der Waals surface area contributed by atoms with E-state index in [0.29, 0.717) is 6.42 Å². The minimum Gasteiger partial charge on any atom is -0.328 e. The van der Waals surface area contributed by atoms with E-state index in [1.54, 1.807) is 6.33 Å². The zero-order valence-electron chi connectivity index (χ0n) is 6.50. The fraction of sp³-hybridized carbons (Fsp3) is 0.500. The minimum atomic E-state index is 0.242. The summed E-state index contributed by atoms with van der Waals surface area (Å²) in [4.78, 5) is 15.4. The smallest absolute Gasteiger partial charge is 0.181 e. The SMILES string of the molecule is Cc1ncn2c1C(=O)CCC2. The van der Waals surface area contributed by atoms with Crippen molar-refractivity contribution in [2.75, 3.05) is 0 Å². The van der Waals surface area contributed by atoms with Gasteiger partial charge in [-0.05, 0) is 13.3 Å². The van der Waals surface area contributed by atoms with Gasteiger partial charge in [-0.25, -0.2) is 4.98 Å². The first kappa shape index (κ1) is 6.58. The Hall–Kier alpha value is -1.12. The second-order valence-corrected chi connectivity index (χ2v) is 2.90. The molecule has 0 radical (unpaired) electrons. The third-order valence-electron chi connectivity index (χ3n) is 2.09. The summed E-state index contributed by atoms with van der Waals surface area (Å²) < 4.78 is 1.95. The summed E-state index contributed by atoms with van der Waals surface area (Å²) >= 11 is 0. The van der Waals surface area contributed by atoms with Crippen molar-refractivity contribution >= 4 is 5.78 Å². The number of aryl methyl sites for hydroxylation is 2. The first-order chi connectivity index (χ1) is 5.29. The average Bonchev–Trinajstić information content (AvgIpc) is 2.34. The molecule has 0 saturated heterocycles. The van der Waals surface area contributed by atoms with Crippen molar-refractivity contribution in [3.05, 3.63) is 17.7 Å². The molecule has 0 N–H and O–H groups in total. The Kier molecular flexibility index (Phi) is 1.31. The maximum atomic E-state index is 11.3. The summed E-state index contributed by atoms with van der Waals surface area (Å²) in [6.07, 6.45) is 3.40. The maximum Gasteiger partial charge on any atom is 0.181 e. The van der Waals surface area contributed by atoms with E-state index >= 15 is 0 Å². The van der Waals surface area contributed by atoms with E-state index < -0.39 is 0 Å². The summed E-state index contributed by atoms with van der Waals surface area (Å²) in [5.74, 6) is 0.242. The van der Waals surface area contributed by atoms with E-state index in [1.807, 2.05) is 11.5 Å². The Morgan fingerprint density at radius 2 is 2.45 bits per heavy atom. The number of imidazole rings is 1. The Balaban J connectivity index is 2.56. The lowest BCUT2D eigenvalue weighted by Gasteiger charge is -2.12. The first-order valence-electron chi connectivity index (χ1n) is 3.84. The molecule has 0 unspecified atom stereocenters.